The molecule has 0 radical (unpaired) electrons. The van der Waals surface area contributed by atoms with Crippen molar-refractivity contribution in [2.45, 2.75) is 26.4 Å². The minimum absolute atomic E-state index is 0.135. The summed E-state index contributed by atoms with van der Waals surface area (Å²) < 4.78 is 0. The topological polar surface area (TPSA) is 43.8 Å². The number of rotatable bonds is 6. The number of nitrogens with zero attached hydrogens (tertiary/aromatic N) is 2. The third-order valence-electron chi connectivity index (χ3n) is 3.09. The van der Waals surface area contributed by atoms with E-state index in [1.807, 2.05) is 11.9 Å². The fourth-order valence-electron chi connectivity index (χ4n) is 2.01. The molecule has 1 unspecified atom stereocenters. The van der Waals surface area contributed by atoms with Gasteiger partial charge in [0.05, 0.1) is 5.70 Å². The van der Waals surface area contributed by atoms with Gasteiger partial charge in [0, 0.05) is 25.7 Å². The normalized spacial score (nSPS) is 20.4. The van der Waals surface area contributed by atoms with E-state index in [9.17, 15) is 9.90 Å². The maximum atomic E-state index is 11.2. The van der Waals surface area contributed by atoms with Crippen molar-refractivity contribution in [3.8, 4) is 0 Å². The van der Waals surface area contributed by atoms with Crippen LogP contribution in [0.1, 0.15) is 20.3 Å². The monoisotopic (exact) mass is 226 g/mol. The molecular weight excluding hydrogens is 204 g/mol. The number of ketones is 1. The van der Waals surface area contributed by atoms with E-state index in [0.717, 1.165) is 31.8 Å². The summed E-state index contributed by atoms with van der Waals surface area (Å²) in [4.78, 5) is 15.4. The van der Waals surface area contributed by atoms with Gasteiger partial charge < -0.3 is 14.9 Å². The summed E-state index contributed by atoms with van der Waals surface area (Å²) in [6, 6.07) is 0. The molecule has 1 aliphatic carbocycles. The second-order valence-corrected chi connectivity index (χ2v) is 4.50. The number of carbonyl (C=O) groups is 1. The van der Waals surface area contributed by atoms with Crippen LogP contribution >= 0.6 is 0 Å². The van der Waals surface area contributed by atoms with Crippen molar-refractivity contribution in [3.05, 3.63) is 11.3 Å². The van der Waals surface area contributed by atoms with Crippen LogP contribution in [0.2, 0.25) is 0 Å². The summed E-state index contributed by atoms with van der Waals surface area (Å²) in [5.74, 6) is -0.135. The third-order valence-corrected chi connectivity index (χ3v) is 3.09. The first-order valence-electron chi connectivity index (χ1n) is 5.81. The molecule has 0 fully saturated rings. The predicted octanol–water partition coefficient (Wildman–Crippen LogP) is 0.478. The SMILES string of the molecule is CCCN(C)CCN(C)C1=C(C)C(=O)C1O. The Bertz CT molecular complexity index is 299. The lowest BCUT2D eigenvalue weighted by atomic mass is 9.89. The third kappa shape index (κ3) is 2.62. The molecule has 0 spiro atoms. The summed E-state index contributed by atoms with van der Waals surface area (Å²) >= 11 is 0. The Morgan fingerprint density at radius 1 is 1.25 bits per heavy atom. The van der Waals surface area contributed by atoms with Gasteiger partial charge in [0.1, 0.15) is 0 Å². The number of likely N-dealkylation sites (N-methyl/N-ethyl adjacent to an activating group) is 2. The summed E-state index contributed by atoms with van der Waals surface area (Å²) in [6.07, 6.45) is 0.254. The quantitative estimate of drug-likeness (QED) is 0.715. The van der Waals surface area contributed by atoms with Gasteiger partial charge >= 0.3 is 0 Å². The average Bonchev–Trinajstić information content (AvgIpc) is 2.26. The van der Waals surface area contributed by atoms with E-state index in [2.05, 4.69) is 18.9 Å². The summed E-state index contributed by atoms with van der Waals surface area (Å²) in [5.41, 5.74) is 1.49. The van der Waals surface area contributed by atoms with Crippen LogP contribution in [0.4, 0.5) is 0 Å². The van der Waals surface area contributed by atoms with Crippen LogP contribution in [-0.4, -0.2) is 60.5 Å². The first-order chi connectivity index (χ1) is 7.49. The second kappa shape index (κ2) is 5.46. The molecule has 16 heavy (non-hydrogen) atoms. The lowest BCUT2D eigenvalue weighted by molar-refractivity contribution is -0.125. The van der Waals surface area contributed by atoms with Gasteiger partial charge in [0.15, 0.2) is 11.9 Å². The largest absolute Gasteiger partial charge is 0.379 e. The van der Waals surface area contributed by atoms with Crippen molar-refractivity contribution in [1.29, 1.82) is 0 Å². The minimum Gasteiger partial charge on any atom is -0.379 e. The number of aliphatic hydroxyl groups excluding tert-OH is 1. The Morgan fingerprint density at radius 3 is 2.38 bits per heavy atom. The molecule has 1 rings (SSSR count). The van der Waals surface area contributed by atoms with E-state index in [4.69, 9.17) is 0 Å². The molecule has 1 N–H and O–H groups in total. The van der Waals surface area contributed by atoms with E-state index >= 15 is 0 Å². The smallest absolute Gasteiger partial charge is 0.194 e. The van der Waals surface area contributed by atoms with Crippen molar-refractivity contribution in [1.82, 2.24) is 9.80 Å². The highest BCUT2D eigenvalue weighted by Gasteiger charge is 2.36. The van der Waals surface area contributed by atoms with Gasteiger partial charge in [0.25, 0.3) is 0 Å². The molecule has 0 saturated carbocycles. The van der Waals surface area contributed by atoms with Crippen LogP contribution < -0.4 is 0 Å². The molecule has 0 aromatic heterocycles. The highest BCUT2D eigenvalue weighted by Crippen LogP contribution is 2.26. The van der Waals surface area contributed by atoms with Crippen LogP contribution in [0, 0.1) is 0 Å². The van der Waals surface area contributed by atoms with E-state index in [1.165, 1.54) is 0 Å². The highest BCUT2D eigenvalue weighted by atomic mass is 16.3. The number of hydrogen-bond donors (Lipinski definition) is 1. The summed E-state index contributed by atoms with van der Waals surface area (Å²) in [7, 11) is 4.01. The van der Waals surface area contributed by atoms with E-state index in [0.29, 0.717) is 5.57 Å². The number of Topliss-reactive ketones (excluding diaryl/α,β-unsaturated/α-hetero) is 1. The van der Waals surface area contributed by atoms with E-state index in [1.54, 1.807) is 6.92 Å². The summed E-state index contributed by atoms with van der Waals surface area (Å²) in [5, 5.41) is 9.52. The Balaban J connectivity index is 2.42. The Morgan fingerprint density at radius 2 is 1.88 bits per heavy atom. The minimum atomic E-state index is -0.888. The molecule has 0 bridgehead atoms. The van der Waals surface area contributed by atoms with Gasteiger partial charge in [-0.1, -0.05) is 6.92 Å². The van der Waals surface area contributed by atoms with E-state index in [-0.39, 0.29) is 5.78 Å². The molecule has 4 heteroatoms. The standard InChI is InChI=1S/C12H22N2O2/c1-5-6-13(3)7-8-14(4)10-9(2)11(15)12(10)16/h12,16H,5-8H2,1-4H3. The van der Waals surface area contributed by atoms with Gasteiger partial charge in [-0.15, -0.1) is 0 Å². The van der Waals surface area contributed by atoms with Crippen LogP contribution in [0.15, 0.2) is 11.3 Å². The maximum absolute atomic E-state index is 11.2. The van der Waals surface area contributed by atoms with Crippen molar-refractivity contribution < 1.29 is 9.90 Å². The average molecular weight is 226 g/mol. The summed E-state index contributed by atoms with van der Waals surface area (Å²) in [6.45, 7) is 6.79. The van der Waals surface area contributed by atoms with Crippen molar-refractivity contribution in [2.75, 3.05) is 33.7 Å². The highest BCUT2D eigenvalue weighted by molar-refractivity contribution is 6.07. The van der Waals surface area contributed by atoms with Gasteiger partial charge in [-0.3, -0.25) is 4.79 Å². The fraction of sp³-hybridized carbons (Fsp3) is 0.750. The molecule has 0 aliphatic heterocycles. The van der Waals surface area contributed by atoms with Crippen LogP contribution in [0.5, 0.6) is 0 Å². The van der Waals surface area contributed by atoms with Gasteiger partial charge in [-0.25, -0.2) is 0 Å². The van der Waals surface area contributed by atoms with Crippen molar-refractivity contribution in [3.63, 3.8) is 0 Å². The lowest BCUT2D eigenvalue weighted by Gasteiger charge is -2.34. The predicted molar refractivity (Wildman–Crippen MR) is 64.1 cm³/mol. The number of carbonyl (C=O) groups excluding carboxylic acids is 1. The van der Waals surface area contributed by atoms with E-state index < -0.39 is 6.10 Å². The van der Waals surface area contributed by atoms with Crippen molar-refractivity contribution in [2.24, 2.45) is 0 Å². The molecule has 92 valence electrons. The zero-order valence-electron chi connectivity index (χ0n) is 10.7. The zero-order valence-corrected chi connectivity index (χ0v) is 10.7. The maximum Gasteiger partial charge on any atom is 0.194 e. The number of hydrogen-bond acceptors (Lipinski definition) is 4. The number of aliphatic hydroxyl groups is 1. The molecule has 4 nitrogen and oxygen atoms in total. The molecule has 0 aromatic rings. The van der Waals surface area contributed by atoms with Crippen molar-refractivity contribution >= 4 is 5.78 Å². The Hall–Kier alpha value is -0.870. The molecule has 0 heterocycles. The molecule has 0 amide bonds. The molecule has 0 aromatic carbocycles. The Kier molecular flexibility index (Phi) is 4.50. The van der Waals surface area contributed by atoms with Crippen LogP contribution in [-0.2, 0) is 4.79 Å². The fourth-order valence-corrected chi connectivity index (χ4v) is 2.01. The molecular formula is C12H22N2O2. The van der Waals surface area contributed by atoms with Gasteiger partial charge in [-0.05, 0) is 26.9 Å². The second-order valence-electron chi connectivity index (χ2n) is 4.50. The first kappa shape index (κ1) is 13.2. The molecule has 1 atom stereocenters. The lowest BCUT2D eigenvalue weighted by Crippen LogP contribution is -2.45. The first-order valence-corrected chi connectivity index (χ1v) is 5.81. The van der Waals surface area contributed by atoms with Gasteiger partial charge in [0.2, 0.25) is 0 Å². The Labute approximate surface area is 97.5 Å². The molecule has 0 saturated heterocycles. The van der Waals surface area contributed by atoms with Gasteiger partial charge in [-0.2, -0.15) is 0 Å². The molecule has 1 aliphatic rings. The van der Waals surface area contributed by atoms with Crippen LogP contribution in [0.3, 0.4) is 0 Å². The van der Waals surface area contributed by atoms with Crippen LogP contribution in [0.25, 0.3) is 0 Å². The zero-order chi connectivity index (χ0) is 12.3.